The van der Waals surface area contributed by atoms with Crippen molar-refractivity contribution in [3.63, 3.8) is 0 Å². The van der Waals surface area contributed by atoms with Crippen LogP contribution < -0.4 is 0 Å². The Morgan fingerprint density at radius 3 is 2.38 bits per heavy atom. The zero-order chi connectivity index (χ0) is 17.0. The highest BCUT2D eigenvalue weighted by molar-refractivity contribution is 7.86. The molecule has 0 atom stereocenters. The lowest BCUT2D eigenvalue weighted by atomic mass is 10.3. The van der Waals surface area contributed by atoms with Gasteiger partial charge in [-0.3, -0.25) is 4.90 Å². The Morgan fingerprint density at radius 1 is 0.958 bits per heavy atom. The zero-order valence-electron chi connectivity index (χ0n) is 14.3. The van der Waals surface area contributed by atoms with Gasteiger partial charge in [-0.1, -0.05) is 6.92 Å². The molecule has 1 aromatic rings. The Labute approximate surface area is 144 Å². The first kappa shape index (κ1) is 17.9. The van der Waals surface area contributed by atoms with Crippen molar-refractivity contribution in [2.24, 2.45) is 0 Å². The van der Waals surface area contributed by atoms with Crippen molar-refractivity contribution in [1.29, 1.82) is 0 Å². The number of hydrogen-bond donors (Lipinski definition) is 0. The molecule has 0 unspecified atom stereocenters. The summed E-state index contributed by atoms with van der Waals surface area (Å²) in [4.78, 5) is 2.27. The van der Waals surface area contributed by atoms with Crippen molar-refractivity contribution < 1.29 is 17.6 Å². The van der Waals surface area contributed by atoms with Gasteiger partial charge in [0.05, 0.1) is 19.8 Å². The van der Waals surface area contributed by atoms with E-state index in [2.05, 4.69) is 11.8 Å². The Morgan fingerprint density at radius 2 is 1.67 bits per heavy atom. The highest BCUT2D eigenvalue weighted by Crippen LogP contribution is 2.16. The normalized spacial score (nSPS) is 22.5. The van der Waals surface area contributed by atoms with Gasteiger partial charge in [-0.15, -0.1) is 0 Å². The molecule has 2 aliphatic heterocycles. The summed E-state index contributed by atoms with van der Waals surface area (Å²) < 4.78 is 39.7. The van der Waals surface area contributed by atoms with Crippen LogP contribution in [0, 0.1) is 0 Å². The van der Waals surface area contributed by atoms with Gasteiger partial charge in [-0.05, 0) is 25.1 Å². The second-order valence-corrected chi connectivity index (χ2v) is 8.20. The third-order valence-electron chi connectivity index (χ3n) is 4.62. The molecule has 136 valence electrons. The topological polar surface area (TPSA) is 66.2 Å². The summed E-state index contributed by atoms with van der Waals surface area (Å²) in [6, 6.07) is 4.04. The maximum atomic E-state index is 12.8. The SMILES string of the molecule is CCc1ccc(CN2CCCN(S(=O)(=O)N3CCOCC3)CC2)o1. The minimum atomic E-state index is -3.37. The zero-order valence-corrected chi connectivity index (χ0v) is 15.1. The van der Waals surface area contributed by atoms with Gasteiger partial charge in [-0.25, -0.2) is 0 Å². The lowest BCUT2D eigenvalue weighted by Crippen LogP contribution is -2.49. The highest BCUT2D eigenvalue weighted by Gasteiger charge is 2.32. The summed E-state index contributed by atoms with van der Waals surface area (Å²) in [6.45, 7) is 7.41. The fourth-order valence-corrected chi connectivity index (χ4v) is 4.80. The van der Waals surface area contributed by atoms with Crippen molar-refractivity contribution in [3.05, 3.63) is 23.7 Å². The average Bonchev–Trinajstić information content (AvgIpc) is 2.92. The monoisotopic (exact) mass is 357 g/mol. The van der Waals surface area contributed by atoms with Crippen LogP contribution >= 0.6 is 0 Å². The van der Waals surface area contributed by atoms with E-state index in [4.69, 9.17) is 9.15 Å². The highest BCUT2D eigenvalue weighted by atomic mass is 32.2. The molecule has 3 rings (SSSR count). The van der Waals surface area contributed by atoms with Crippen LogP contribution in [0.3, 0.4) is 0 Å². The number of furan rings is 1. The first-order valence-electron chi connectivity index (χ1n) is 8.72. The maximum absolute atomic E-state index is 12.8. The number of rotatable bonds is 5. The van der Waals surface area contributed by atoms with Crippen LogP contribution in [0.15, 0.2) is 16.5 Å². The van der Waals surface area contributed by atoms with Crippen molar-refractivity contribution in [2.75, 3.05) is 52.5 Å². The third kappa shape index (κ3) is 4.18. The molecule has 8 heteroatoms. The molecular formula is C16H27N3O4S. The van der Waals surface area contributed by atoms with E-state index < -0.39 is 10.2 Å². The molecule has 24 heavy (non-hydrogen) atoms. The molecule has 2 fully saturated rings. The van der Waals surface area contributed by atoms with Crippen LogP contribution in [0.4, 0.5) is 0 Å². The van der Waals surface area contributed by atoms with Gasteiger partial charge in [-0.2, -0.15) is 17.0 Å². The predicted molar refractivity (Wildman–Crippen MR) is 90.9 cm³/mol. The molecule has 2 aliphatic rings. The smallest absolute Gasteiger partial charge is 0.282 e. The van der Waals surface area contributed by atoms with Crippen LogP contribution in [0.5, 0.6) is 0 Å². The molecule has 0 aromatic carbocycles. The number of hydrogen-bond acceptors (Lipinski definition) is 5. The molecule has 0 aliphatic carbocycles. The molecule has 0 bridgehead atoms. The summed E-state index contributed by atoms with van der Waals surface area (Å²) in [6.07, 6.45) is 1.73. The standard InChI is InChI=1S/C16H27N3O4S/c1-2-15-4-5-16(23-15)14-17-6-3-7-18(9-8-17)24(20,21)19-10-12-22-13-11-19/h4-5H,2-3,6-14H2,1H3. The second-order valence-electron chi connectivity index (χ2n) is 6.27. The summed E-state index contributed by atoms with van der Waals surface area (Å²) >= 11 is 0. The van der Waals surface area contributed by atoms with Gasteiger partial charge in [0.2, 0.25) is 0 Å². The summed E-state index contributed by atoms with van der Waals surface area (Å²) in [5.41, 5.74) is 0. The van der Waals surface area contributed by atoms with Crippen LogP contribution in [0.1, 0.15) is 24.9 Å². The van der Waals surface area contributed by atoms with E-state index >= 15 is 0 Å². The number of morpholine rings is 1. The lowest BCUT2D eigenvalue weighted by molar-refractivity contribution is 0.0702. The minimum absolute atomic E-state index is 0.453. The van der Waals surface area contributed by atoms with Crippen LogP contribution in [0.2, 0.25) is 0 Å². The Balaban J connectivity index is 1.58. The average molecular weight is 357 g/mol. The Kier molecular flexibility index (Phi) is 5.93. The van der Waals surface area contributed by atoms with E-state index in [9.17, 15) is 8.42 Å². The van der Waals surface area contributed by atoms with Crippen molar-refractivity contribution in [2.45, 2.75) is 26.3 Å². The Hall–Kier alpha value is -0.930. The van der Waals surface area contributed by atoms with Gasteiger partial charge in [0, 0.05) is 39.1 Å². The number of ether oxygens (including phenoxy) is 1. The lowest BCUT2D eigenvalue weighted by Gasteiger charge is -2.31. The summed E-state index contributed by atoms with van der Waals surface area (Å²) in [5.74, 6) is 1.95. The molecule has 1 aromatic heterocycles. The number of aryl methyl sites for hydroxylation is 1. The molecule has 0 radical (unpaired) electrons. The van der Waals surface area contributed by atoms with E-state index in [1.54, 1.807) is 8.61 Å². The van der Waals surface area contributed by atoms with Crippen LogP contribution in [0.25, 0.3) is 0 Å². The first-order valence-corrected chi connectivity index (χ1v) is 10.1. The minimum Gasteiger partial charge on any atom is -0.465 e. The van der Waals surface area contributed by atoms with Crippen LogP contribution in [-0.4, -0.2) is 74.4 Å². The molecule has 0 N–H and O–H groups in total. The molecule has 0 saturated carbocycles. The Bertz CT molecular complexity index is 625. The molecular weight excluding hydrogens is 330 g/mol. The van der Waals surface area contributed by atoms with Crippen molar-refractivity contribution in [1.82, 2.24) is 13.5 Å². The van der Waals surface area contributed by atoms with Crippen molar-refractivity contribution in [3.8, 4) is 0 Å². The number of nitrogens with zero attached hydrogens (tertiary/aromatic N) is 3. The van der Waals surface area contributed by atoms with E-state index in [1.807, 2.05) is 12.1 Å². The maximum Gasteiger partial charge on any atom is 0.282 e. The van der Waals surface area contributed by atoms with Gasteiger partial charge in [0.25, 0.3) is 10.2 Å². The molecule has 3 heterocycles. The molecule has 7 nitrogen and oxygen atoms in total. The summed E-state index contributed by atoms with van der Waals surface area (Å²) in [7, 11) is -3.37. The molecule has 0 amide bonds. The largest absolute Gasteiger partial charge is 0.465 e. The quantitative estimate of drug-likeness (QED) is 0.784. The van der Waals surface area contributed by atoms with Crippen molar-refractivity contribution >= 4 is 10.2 Å². The predicted octanol–water partition coefficient (Wildman–Crippen LogP) is 0.927. The molecule has 0 spiro atoms. The van der Waals surface area contributed by atoms with Crippen LogP contribution in [-0.2, 0) is 27.9 Å². The van der Waals surface area contributed by atoms with E-state index in [-0.39, 0.29) is 0 Å². The third-order valence-corrected chi connectivity index (χ3v) is 6.65. The van der Waals surface area contributed by atoms with E-state index in [0.717, 1.165) is 44.0 Å². The molecule has 2 saturated heterocycles. The van der Waals surface area contributed by atoms with Gasteiger partial charge >= 0.3 is 0 Å². The van der Waals surface area contributed by atoms with E-state index in [1.165, 1.54) is 0 Å². The fourth-order valence-electron chi connectivity index (χ4n) is 3.19. The van der Waals surface area contributed by atoms with Gasteiger partial charge in [0.15, 0.2) is 0 Å². The van der Waals surface area contributed by atoms with E-state index in [0.29, 0.717) is 39.4 Å². The second kappa shape index (κ2) is 7.97. The first-order chi connectivity index (χ1) is 11.6. The summed E-state index contributed by atoms with van der Waals surface area (Å²) in [5, 5.41) is 0. The fraction of sp³-hybridized carbons (Fsp3) is 0.750. The van der Waals surface area contributed by atoms with Gasteiger partial charge in [0.1, 0.15) is 11.5 Å². The van der Waals surface area contributed by atoms with Gasteiger partial charge < -0.3 is 9.15 Å².